The molecule has 0 amide bonds. The fourth-order valence-electron chi connectivity index (χ4n) is 2.49. The highest BCUT2D eigenvalue weighted by molar-refractivity contribution is 5.58. The molecule has 1 aromatic heterocycles. The second-order valence-electron chi connectivity index (χ2n) is 4.88. The van der Waals surface area contributed by atoms with Crippen molar-refractivity contribution in [2.45, 2.75) is 18.8 Å². The van der Waals surface area contributed by atoms with E-state index in [0.29, 0.717) is 17.2 Å². The van der Waals surface area contributed by atoms with E-state index in [1.54, 1.807) is 6.20 Å². The fraction of sp³-hybridized carbons (Fsp3) is 0.357. The molecule has 3 nitrogen and oxygen atoms in total. The smallest absolute Gasteiger partial charge is 0.126 e. The van der Waals surface area contributed by atoms with Crippen LogP contribution >= 0.6 is 0 Å². The Morgan fingerprint density at radius 2 is 1.95 bits per heavy atom. The number of rotatable bonds is 2. The predicted molar refractivity (Wildman–Crippen MR) is 68.8 cm³/mol. The molecule has 1 aromatic carbocycles. The minimum absolute atomic E-state index is 0.348. The van der Waals surface area contributed by atoms with Crippen LogP contribution in [0.4, 0.5) is 8.78 Å². The molecule has 0 radical (unpaired) electrons. The van der Waals surface area contributed by atoms with Crippen molar-refractivity contribution in [1.82, 2.24) is 15.3 Å². The van der Waals surface area contributed by atoms with Gasteiger partial charge >= 0.3 is 0 Å². The summed E-state index contributed by atoms with van der Waals surface area (Å²) in [5.41, 5.74) is 1.14. The van der Waals surface area contributed by atoms with Crippen molar-refractivity contribution < 1.29 is 8.78 Å². The van der Waals surface area contributed by atoms with Crippen molar-refractivity contribution >= 4 is 0 Å². The number of H-pyrrole nitrogens is 1. The van der Waals surface area contributed by atoms with Crippen LogP contribution in [0, 0.1) is 11.6 Å². The second kappa shape index (κ2) is 5.09. The molecule has 1 saturated heterocycles. The number of hydrogen-bond acceptors (Lipinski definition) is 2. The molecule has 0 aliphatic carbocycles. The lowest BCUT2D eigenvalue weighted by Gasteiger charge is -2.20. The van der Waals surface area contributed by atoms with E-state index in [0.717, 1.165) is 37.8 Å². The summed E-state index contributed by atoms with van der Waals surface area (Å²) in [6.07, 6.45) is 3.84. The van der Waals surface area contributed by atoms with Crippen molar-refractivity contribution in [2.24, 2.45) is 0 Å². The van der Waals surface area contributed by atoms with E-state index in [-0.39, 0.29) is 0 Å². The minimum atomic E-state index is -0.578. The molecule has 1 unspecified atom stereocenters. The Morgan fingerprint density at radius 3 is 2.63 bits per heavy atom. The van der Waals surface area contributed by atoms with Gasteiger partial charge in [-0.3, -0.25) is 0 Å². The summed E-state index contributed by atoms with van der Waals surface area (Å²) >= 11 is 0. The number of halogens is 2. The van der Waals surface area contributed by atoms with Gasteiger partial charge in [0, 0.05) is 24.1 Å². The molecule has 2 aromatic rings. The third-order valence-electron chi connectivity index (χ3n) is 3.45. The molecule has 0 spiro atoms. The molecule has 3 rings (SSSR count). The van der Waals surface area contributed by atoms with Gasteiger partial charge in [0.1, 0.15) is 17.5 Å². The lowest BCUT2D eigenvalue weighted by atomic mass is 9.99. The van der Waals surface area contributed by atoms with Crippen LogP contribution < -0.4 is 5.32 Å². The number of benzene rings is 1. The van der Waals surface area contributed by atoms with E-state index in [1.165, 1.54) is 12.1 Å². The minimum Gasteiger partial charge on any atom is -0.342 e. The van der Waals surface area contributed by atoms with Gasteiger partial charge in [0.05, 0.1) is 11.9 Å². The number of piperidine rings is 1. The highest BCUT2D eigenvalue weighted by Gasteiger charge is 2.18. The molecule has 19 heavy (non-hydrogen) atoms. The summed E-state index contributed by atoms with van der Waals surface area (Å²) in [6, 6.07) is 3.48. The maximum absolute atomic E-state index is 13.2. The van der Waals surface area contributed by atoms with Gasteiger partial charge in [0.2, 0.25) is 0 Å². The molecule has 0 bridgehead atoms. The average Bonchev–Trinajstić information content (AvgIpc) is 2.88. The summed E-state index contributed by atoms with van der Waals surface area (Å²) in [6.45, 7) is 1.93. The van der Waals surface area contributed by atoms with Crippen LogP contribution in [0.1, 0.15) is 24.6 Å². The number of nitrogens with one attached hydrogen (secondary N) is 2. The predicted octanol–water partition coefficient (Wildman–Crippen LogP) is 2.82. The zero-order valence-corrected chi connectivity index (χ0v) is 10.4. The van der Waals surface area contributed by atoms with E-state index in [4.69, 9.17) is 0 Å². The van der Waals surface area contributed by atoms with E-state index in [9.17, 15) is 8.78 Å². The molecule has 2 heterocycles. The van der Waals surface area contributed by atoms with Crippen LogP contribution in [0.25, 0.3) is 11.3 Å². The van der Waals surface area contributed by atoms with Crippen LogP contribution in [-0.2, 0) is 0 Å². The third-order valence-corrected chi connectivity index (χ3v) is 3.45. The van der Waals surface area contributed by atoms with Gasteiger partial charge in [-0.1, -0.05) is 0 Å². The highest BCUT2D eigenvalue weighted by Crippen LogP contribution is 2.25. The van der Waals surface area contributed by atoms with Crippen molar-refractivity contribution in [3.05, 3.63) is 41.9 Å². The maximum Gasteiger partial charge on any atom is 0.126 e. The summed E-state index contributed by atoms with van der Waals surface area (Å²) in [7, 11) is 0. The first kappa shape index (κ1) is 12.3. The molecule has 0 saturated carbocycles. The summed E-state index contributed by atoms with van der Waals surface area (Å²) in [5, 5.41) is 3.32. The van der Waals surface area contributed by atoms with Gasteiger partial charge in [-0.15, -0.1) is 0 Å². The van der Waals surface area contributed by atoms with Gasteiger partial charge in [-0.2, -0.15) is 0 Å². The Balaban J connectivity index is 1.87. The van der Waals surface area contributed by atoms with E-state index < -0.39 is 11.6 Å². The van der Waals surface area contributed by atoms with Crippen LogP contribution in [-0.4, -0.2) is 23.1 Å². The number of aromatic amines is 1. The lowest BCUT2D eigenvalue weighted by Crippen LogP contribution is -2.28. The Labute approximate surface area is 110 Å². The molecule has 5 heteroatoms. The number of aromatic nitrogens is 2. The summed E-state index contributed by atoms with van der Waals surface area (Å²) in [5.74, 6) is 0.0729. The average molecular weight is 263 g/mol. The first-order valence-electron chi connectivity index (χ1n) is 6.44. The summed E-state index contributed by atoms with van der Waals surface area (Å²) < 4.78 is 26.4. The standard InChI is InChI=1S/C14H15F2N3/c15-11-4-10(5-12(16)6-11)13-8-18-14(19-13)9-2-1-3-17-7-9/h4-6,8-9,17H,1-3,7H2,(H,18,19). The normalized spacial score (nSPS) is 19.6. The zero-order valence-electron chi connectivity index (χ0n) is 10.4. The molecule has 1 fully saturated rings. The Kier molecular flexibility index (Phi) is 3.29. The van der Waals surface area contributed by atoms with Crippen LogP contribution in [0.3, 0.4) is 0 Å². The van der Waals surface area contributed by atoms with Crippen molar-refractivity contribution in [3.63, 3.8) is 0 Å². The van der Waals surface area contributed by atoms with Gasteiger partial charge < -0.3 is 10.3 Å². The highest BCUT2D eigenvalue weighted by atomic mass is 19.1. The third kappa shape index (κ3) is 2.66. The topological polar surface area (TPSA) is 40.7 Å². The first-order chi connectivity index (χ1) is 9.22. The Morgan fingerprint density at radius 1 is 1.16 bits per heavy atom. The van der Waals surface area contributed by atoms with E-state index in [2.05, 4.69) is 15.3 Å². The van der Waals surface area contributed by atoms with Crippen LogP contribution in [0.2, 0.25) is 0 Å². The van der Waals surface area contributed by atoms with Crippen LogP contribution in [0.15, 0.2) is 24.4 Å². The van der Waals surface area contributed by atoms with Crippen molar-refractivity contribution in [1.29, 1.82) is 0 Å². The number of nitrogens with zero attached hydrogens (tertiary/aromatic N) is 1. The fourth-order valence-corrected chi connectivity index (χ4v) is 2.49. The van der Waals surface area contributed by atoms with Gasteiger partial charge in [-0.05, 0) is 31.5 Å². The maximum atomic E-state index is 13.2. The van der Waals surface area contributed by atoms with E-state index >= 15 is 0 Å². The van der Waals surface area contributed by atoms with Gasteiger partial charge in [-0.25, -0.2) is 13.8 Å². The molecule has 100 valence electrons. The molecule has 1 aliphatic rings. The Bertz CT molecular complexity index is 554. The van der Waals surface area contributed by atoms with Gasteiger partial charge in [0.25, 0.3) is 0 Å². The van der Waals surface area contributed by atoms with Crippen molar-refractivity contribution in [2.75, 3.05) is 13.1 Å². The lowest BCUT2D eigenvalue weighted by molar-refractivity contribution is 0.449. The van der Waals surface area contributed by atoms with Crippen LogP contribution in [0.5, 0.6) is 0 Å². The SMILES string of the molecule is Fc1cc(F)cc(-c2cnc(C3CCCNC3)[nH]2)c1. The molecular formula is C14H15F2N3. The van der Waals surface area contributed by atoms with Gasteiger partial charge in [0.15, 0.2) is 0 Å². The number of imidazole rings is 1. The molecule has 2 N–H and O–H groups in total. The summed E-state index contributed by atoms with van der Waals surface area (Å²) in [4.78, 5) is 7.50. The Hall–Kier alpha value is -1.75. The molecule has 1 aliphatic heterocycles. The zero-order chi connectivity index (χ0) is 13.2. The monoisotopic (exact) mass is 263 g/mol. The van der Waals surface area contributed by atoms with E-state index in [1.807, 2.05) is 0 Å². The van der Waals surface area contributed by atoms with Crippen molar-refractivity contribution in [3.8, 4) is 11.3 Å². The quantitative estimate of drug-likeness (QED) is 0.874. The second-order valence-corrected chi connectivity index (χ2v) is 4.88. The number of hydrogen-bond donors (Lipinski definition) is 2. The molecule has 1 atom stereocenters. The largest absolute Gasteiger partial charge is 0.342 e. The molecular weight excluding hydrogens is 248 g/mol. The first-order valence-corrected chi connectivity index (χ1v) is 6.44.